The van der Waals surface area contributed by atoms with Crippen LogP contribution in [0.15, 0.2) is 6.07 Å². The van der Waals surface area contributed by atoms with E-state index in [1.165, 1.54) is 0 Å². The fourth-order valence-corrected chi connectivity index (χ4v) is 2.29. The van der Waals surface area contributed by atoms with Crippen LogP contribution in [0.25, 0.3) is 0 Å². The Morgan fingerprint density at radius 3 is 2.67 bits per heavy atom. The third kappa shape index (κ3) is 4.98. The third-order valence-corrected chi connectivity index (χ3v) is 3.43. The summed E-state index contributed by atoms with van der Waals surface area (Å²) in [4.78, 5) is 12.2. The van der Waals surface area contributed by atoms with Crippen molar-refractivity contribution in [3.8, 4) is 0 Å². The number of halogens is 1. The first-order valence-corrected chi connectivity index (χ1v) is 7.01. The molecule has 1 amide bonds. The summed E-state index contributed by atoms with van der Waals surface area (Å²) in [6.45, 7) is 7.52. The first-order chi connectivity index (χ1) is 9.28. The molecule has 0 aliphatic carbocycles. The molecule has 1 saturated heterocycles. The van der Waals surface area contributed by atoms with Crippen LogP contribution in [0.1, 0.15) is 39.3 Å². The number of rotatable bonds is 3. The Morgan fingerprint density at radius 2 is 2.10 bits per heavy atom. The lowest BCUT2D eigenvalue weighted by molar-refractivity contribution is -0.124. The van der Waals surface area contributed by atoms with E-state index in [1.54, 1.807) is 0 Å². The Balaban J connectivity index is 0.00000220. The molecule has 0 atom stereocenters. The largest absolute Gasteiger partial charge is 0.381 e. The Hall–Kier alpha value is -1.11. The quantitative estimate of drug-likeness (QED) is 0.793. The summed E-state index contributed by atoms with van der Waals surface area (Å²) >= 11 is 0. The molecule has 1 aliphatic heterocycles. The van der Waals surface area contributed by atoms with Crippen molar-refractivity contribution in [2.45, 2.75) is 45.6 Å². The van der Waals surface area contributed by atoms with Gasteiger partial charge in [-0.2, -0.15) is 5.10 Å². The van der Waals surface area contributed by atoms with Gasteiger partial charge < -0.3 is 15.8 Å². The molecule has 0 saturated carbocycles. The lowest BCUT2D eigenvalue weighted by atomic mass is 9.90. The molecule has 0 spiro atoms. The van der Waals surface area contributed by atoms with E-state index in [4.69, 9.17) is 10.5 Å². The number of hydrogen-bond acceptors (Lipinski definition) is 4. The average molecular weight is 317 g/mol. The molecule has 6 nitrogen and oxygen atoms in total. The molecule has 4 N–H and O–H groups in total. The minimum Gasteiger partial charge on any atom is -0.381 e. The predicted molar refractivity (Wildman–Crippen MR) is 84.6 cm³/mol. The van der Waals surface area contributed by atoms with Gasteiger partial charge in [-0.3, -0.25) is 9.89 Å². The zero-order chi connectivity index (χ0) is 14.8. The Bertz CT molecular complexity index is 476. The van der Waals surface area contributed by atoms with Gasteiger partial charge in [-0.05, 0) is 24.7 Å². The maximum atomic E-state index is 12.2. The van der Waals surface area contributed by atoms with Gasteiger partial charge in [-0.1, -0.05) is 20.8 Å². The van der Waals surface area contributed by atoms with Crippen molar-refractivity contribution in [2.75, 3.05) is 18.5 Å². The first-order valence-electron chi connectivity index (χ1n) is 7.01. The Morgan fingerprint density at radius 1 is 1.48 bits per heavy atom. The van der Waals surface area contributed by atoms with Gasteiger partial charge in [-0.25, -0.2) is 0 Å². The fourth-order valence-electron chi connectivity index (χ4n) is 2.29. The van der Waals surface area contributed by atoms with Crippen LogP contribution in [0, 0.1) is 5.41 Å². The highest BCUT2D eigenvalue weighted by Gasteiger charge is 2.36. The highest BCUT2D eigenvalue weighted by atomic mass is 35.5. The van der Waals surface area contributed by atoms with Crippen molar-refractivity contribution in [2.24, 2.45) is 11.1 Å². The molecule has 1 aliphatic rings. The van der Waals surface area contributed by atoms with Crippen LogP contribution in [0.2, 0.25) is 0 Å². The SMILES string of the molecule is CC(C)(C)Cc1cc(NC(=O)C2(N)CCOCC2)n[nH]1.Cl. The number of anilines is 1. The lowest BCUT2D eigenvalue weighted by Crippen LogP contribution is -2.54. The van der Waals surface area contributed by atoms with Gasteiger partial charge in [0.1, 0.15) is 5.54 Å². The maximum Gasteiger partial charge on any atom is 0.245 e. The highest BCUT2D eigenvalue weighted by molar-refractivity contribution is 5.97. The summed E-state index contributed by atoms with van der Waals surface area (Å²) in [6.07, 6.45) is 1.95. The molecule has 0 bridgehead atoms. The zero-order valence-corrected chi connectivity index (χ0v) is 13.7. The average Bonchev–Trinajstić information content (AvgIpc) is 2.75. The van der Waals surface area contributed by atoms with Gasteiger partial charge in [0.15, 0.2) is 5.82 Å². The number of aromatic amines is 1. The van der Waals surface area contributed by atoms with E-state index in [0.29, 0.717) is 31.9 Å². The molecule has 1 aromatic rings. The molecule has 7 heteroatoms. The van der Waals surface area contributed by atoms with Crippen LogP contribution in [0.4, 0.5) is 5.82 Å². The highest BCUT2D eigenvalue weighted by Crippen LogP contribution is 2.22. The number of nitrogens with zero attached hydrogens (tertiary/aromatic N) is 1. The first kappa shape index (κ1) is 17.9. The number of carbonyl (C=O) groups is 1. The molecule has 120 valence electrons. The molecule has 2 heterocycles. The van der Waals surface area contributed by atoms with Crippen LogP contribution in [-0.4, -0.2) is 34.9 Å². The molecular formula is C14H25ClN4O2. The molecule has 0 unspecified atom stereocenters. The number of nitrogens with two attached hydrogens (primary N) is 1. The zero-order valence-electron chi connectivity index (χ0n) is 12.9. The molecule has 0 aromatic carbocycles. The second kappa shape index (κ2) is 6.77. The van der Waals surface area contributed by atoms with E-state index in [2.05, 4.69) is 36.3 Å². The number of H-pyrrole nitrogens is 1. The van der Waals surface area contributed by atoms with Gasteiger partial charge in [0.2, 0.25) is 5.91 Å². The van der Waals surface area contributed by atoms with Crippen LogP contribution in [-0.2, 0) is 16.0 Å². The number of carbonyl (C=O) groups excluding carboxylic acids is 1. The Kier molecular flexibility index (Phi) is 5.78. The summed E-state index contributed by atoms with van der Waals surface area (Å²) in [6, 6.07) is 1.87. The number of nitrogens with one attached hydrogen (secondary N) is 2. The van der Waals surface area contributed by atoms with E-state index in [0.717, 1.165) is 12.1 Å². The minimum absolute atomic E-state index is 0. The van der Waals surface area contributed by atoms with E-state index in [9.17, 15) is 4.79 Å². The molecule has 2 rings (SSSR count). The number of aromatic nitrogens is 2. The van der Waals surface area contributed by atoms with Crippen LogP contribution < -0.4 is 11.1 Å². The second-order valence-electron chi connectivity index (χ2n) is 6.74. The molecule has 0 radical (unpaired) electrons. The minimum atomic E-state index is -0.846. The fraction of sp³-hybridized carbons (Fsp3) is 0.714. The summed E-state index contributed by atoms with van der Waals surface area (Å²) in [5, 5.41) is 9.87. The van der Waals surface area contributed by atoms with Crippen LogP contribution in [0.5, 0.6) is 0 Å². The normalized spacial score (nSPS) is 17.9. The van der Waals surface area contributed by atoms with Crippen molar-refractivity contribution in [1.29, 1.82) is 0 Å². The topological polar surface area (TPSA) is 93.0 Å². The van der Waals surface area contributed by atoms with E-state index >= 15 is 0 Å². The Labute approximate surface area is 131 Å². The lowest BCUT2D eigenvalue weighted by Gasteiger charge is -2.31. The molecule has 1 aromatic heterocycles. The number of amides is 1. The van der Waals surface area contributed by atoms with Crippen LogP contribution in [0.3, 0.4) is 0 Å². The summed E-state index contributed by atoms with van der Waals surface area (Å²) in [5.74, 6) is 0.347. The number of hydrogen-bond donors (Lipinski definition) is 3. The van der Waals surface area contributed by atoms with Gasteiger partial charge in [0.25, 0.3) is 0 Å². The molecular weight excluding hydrogens is 292 g/mol. The van der Waals surface area contributed by atoms with Gasteiger partial charge in [0.05, 0.1) is 0 Å². The third-order valence-electron chi connectivity index (χ3n) is 3.43. The second-order valence-corrected chi connectivity index (χ2v) is 6.74. The van der Waals surface area contributed by atoms with Gasteiger partial charge in [0, 0.05) is 25.0 Å². The van der Waals surface area contributed by atoms with Crippen molar-refractivity contribution in [3.05, 3.63) is 11.8 Å². The van der Waals surface area contributed by atoms with Crippen molar-refractivity contribution < 1.29 is 9.53 Å². The van der Waals surface area contributed by atoms with E-state index < -0.39 is 5.54 Å². The molecule has 21 heavy (non-hydrogen) atoms. The standard InChI is InChI=1S/C14H24N4O2.ClH/c1-13(2,3)9-10-8-11(18-17-10)16-12(19)14(15)4-6-20-7-5-14;/h8H,4-7,9,15H2,1-3H3,(H2,16,17,18,19);1H. The maximum absolute atomic E-state index is 12.2. The van der Waals surface area contributed by atoms with Gasteiger partial charge >= 0.3 is 0 Å². The van der Waals surface area contributed by atoms with Crippen LogP contribution >= 0.6 is 12.4 Å². The molecule has 1 fully saturated rings. The summed E-state index contributed by atoms with van der Waals surface area (Å²) < 4.78 is 5.24. The monoisotopic (exact) mass is 316 g/mol. The summed E-state index contributed by atoms with van der Waals surface area (Å²) in [7, 11) is 0. The van der Waals surface area contributed by atoms with E-state index in [1.807, 2.05) is 6.07 Å². The number of ether oxygens (including phenoxy) is 1. The summed E-state index contributed by atoms with van der Waals surface area (Å²) in [5.41, 5.74) is 6.46. The van der Waals surface area contributed by atoms with Crippen molar-refractivity contribution >= 4 is 24.1 Å². The van der Waals surface area contributed by atoms with E-state index in [-0.39, 0.29) is 23.7 Å². The van der Waals surface area contributed by atoms with Crippen molar-refractivity contribution in [3.63, 3.8) is 0 Å². The van der Waals surface area contributed by atoms with Crippen molar-refractivity contribution in [1.82, 2.24) is 10.2 Å². The smallest absolute Gasteiger partial charge is 0.245 e. The van der Waals surface area contributed by atoms with Gasteiger partial charge in [-0.15, -0.1) is 12.4 Å². The predicted octanol–water partition coefficient (Wildman–Crippen LogP) is 1.87.